The summed E-state index contributed by atoms with van der Waals surface area (Å²) in [4.78, 5) is 0. The van der Waals surface area contributed by atoms with Crippen molar-refractivity contribution < 1.29 is 4.74 Å². The number of epoxide rings is 1. The number of nitrogen functional groups attached to an aromatic ring is 1. The summed E-state index contributed by atoms with van der Waals surface area (Å²) in [6, 6.07) is 12.4. The molecule has 1 atom stereocenters. The summed E-state index contributed by atoms with van der Waals surface area (Å²) in [6.07, 6.45) is 1.32. The van der Waals surface area contributed by atoms with Crippen molar-refractivity contribution in [3.63, 3.8) is 0 Å². The Balaban J connectivity index is 2.18. The first-order valence-electron chi connectivity index (χ1n) is 5.22. The molecule has 2 N–H and O–H groups in total. The van der Waals surface area contributed by atoms with E-state index in [1.165, 1.54) is 16.3 Å². The first kappa shape index (κ1) is 8.74. The number of hydrogen-bond acceptors (Lipinski definition) is 2. The lowest BCUT2D eigenvalue weighted by molar-refractivity contribution is 0.408. The van der Waals surface area contributed by atoms with Crippen molar-refractivity contribution in [2.45, 2.75) is 12.5 Å². The number of anilines is 1. The third kappa shape index (κ3) is 1.57. The van der Waals surface area contributed by atoms with Crippen molar-refractivity contribution in [3.8, 4) is 0 Å². The van der Waals surface area contributed by atoms with Crippen LogP contribution in [0.4, 0.5) is 5.69 Å². The minimum atomic E-state index is 0.387. The average molecular weight is 199 g/mol. The molecule has 15 heavy (non-hydrogen) atoms. The monoisotopic (exact) mass is 199 g/mol. The van der Waals surface area contributed by atoms with Gasteiger partial charge in [0.05, 0.1) is 12.7 Å². The van der Waals surface area contributed by atoms with Crippen molar-refractivity contribution in [1.82, 2.24) is 0 Å². The van der Waals surface area contributed by atoms with Gasteiger partial charge in [-0.2, -0.15) is 0 Å². The highest BCUT2D eigenvalue weighted by atomic mass is 16.6. The third-order valence-electron chi connectivity index (χ3n) is 2.91. The molecule has 0 bridgehead atoms. The van der Waals surface area contributed by atoms with Gasteiger partial charge < -0.3 is 10.5 Å². The lowest BCUT2D eigenvalue weighted by Crippen LogP contribution is -2.00. The summed E-state index contributed by atoms with van der Waals surface area (Å²) in [5, 5.41) is 2.51. The maximum Gasteiger partial charge on any atom is 0.0851 e. The van der Waals surface area contributed by atoms with Crippen molar-refractivity contribution in [2.75, 3.05) is 12.3 Å². The van der Waals surface area contributed by atoms with Gasteiger partial charge in [0.2, 0.25) is 0 Å². The maximum absolute atomic E-state index is 6.01. The van der Waals surface area contributed by atoms with E-state index in [2.05, 4.69) is 30.3 Å². The molecule has 1 unspecified atom stereocenters. The largest absolute Gasteiger partial charge is 0.398 e. The quantitative estimate of drug-likeness (QED) is 0.595. The van der Waals surface area contributed by atoms with E-state index in [0.29, 0.717) is 6.10 Å². The fourth-order valence-electron chi connectivity index (χ4n) is 1.99. The minimum Gasteiger partial charge on any atom is -0.398 e. The first-order valence-corrected chi connectivity index (χ1v) is 5.22. The molecule has 0 amide bonds. The van der Waals surface area contributed by atoms with Crippen LogP contribution in [0.1, 0.15) is 5.56 Å². The molecule has 2 aromatic rings. The highest BCUT2D eigenvalue weighted by Crippen LogP contribution is 2.28. The van der Waals surface area contributed by atoms with E-state index in [-0.39, 0.29) is 0 Å². The molecule has 1 heterocycles. The van der Waals surface area contributed by atoms with Crippen LogP contribution in [0.3, 0.4) is 0 Å². The van der Waals surface area contributed by atoms with Crippen LogP contribution >= 0.6 is 0 Å². The Hall–Kier alpha value is -1.54. The highest BCUT2D eigenvalue weighted by Gasteiger charge is 2.24. The number of benzene rings is 2. The van der Waals surface area contributed by atoms with Crippen LogP contribution in [0.5, 0.6) is 0 Å². The molecule has 0 aliphatic carbocycles. The standard InChI is InChI=1S/C13H13NO/c14-13-6-5-9-3-1-2-4-11(9)12(13)7-10-8-15-10/h1-6,10H,7-8,14H2. The smallest absolute Gasteiger partial charge is 0.0851 e. The summed E-state index contributed by atoms with van der Waals surface area (Å²) in [5.41, 5.74) is 8.12. The molecule has 2 nitrogen and oxygen atoms in total. The molecular formula is C13H13NO. The van der Waals surface area contributed by atoms with Crippen LogP contribution < -0.4 is 5.73 Å². The Morgan fingerprint density at radius 3 is 2.80 bits per heavy atom. The van der Waals surface area contributed by atoms with E-state index >= 15 is 0 Å². The molecule has 0 aromatic heterocycles. The van der Waals surface area contributed by atoms with Crippen molar-refractivity contribution >= 4 is 16.5 Å². The zero-order valence-corrected chi connectivity index (χ0v) is 8.44. The Morgan fingerprint density at radius 1 is 1.20 bits per heavy atom. The van der Waals surface area contributed by atoms with Gasteiger partial charge in [-0.05, 0) is 22.4 Å². The molecule has 0 saturated carbocycles. The molecule has 3 rings (SSSR count). The molecule has 0 spiro atoms. The van der Waals surface area contributed by atoms with Gasteiger partial charge in [0.1, 0.15) is 0 Å². The predicted molar refractivity (Wildman–Crippen MR) is 61.8 cm³/mol. The van der Waals surface area contributed by atoms with E-state index in [1.807, 2.05) is 6.07 Å². The molecule has 1 aliphatic heterocycles. The minimum absolute atomic E-state index is 0.387. The zero-order valence-electron chi connectivity index (χ0n) is 8.44. The maximum atomic E-state index is 6.01. The van der Waals surface area contributed by atoms with Gasteiger partial charge in [-0.15, -0.1) is 0 Å². The number of rotatable bonds is 2. The molecule has 1 saturated heterocycles. The number of fused-ring (bicyclic) bond motifs is 1. The van der Waals surface area contributed by atoms with E-state index in [4.69, 9.17) is 10.5 Å². The second-order valence-electron chi connectivity index (χ2n) is 4.01. The van der Waals surface area contributed by atoms with E-state index in [1.54, 1.807) is 0 Å². The second kappa shape index (κ2) is 3.24. The summed E-state index contributed by atoms with van der Waals surface area (Å²) < 4.78 is 5.26. The van der Waals surface area contributed by atoms with Gasteiger partial charge in [-0.3, -0.25) is 0 Å². The van der Waals surface area contributed by atoms with Crippen LogP contribution in [-0.4, -0.2) is 12.7 Å². The fourth-order valence-corrected chi connectivity index (χ4v) is 1.99. The molecule has 0 radical (unpaired) electrons. The van der Waals surface area contributed by atoms with Crippen LogP contribution in [0.25, 0.3) is 10.8 Å². The molecule has 2 aromatic carbocycles. The summed E-state index contributed by atoms with van der Waals surface area (Å²) >= 11 is 0. The van der Waals surface area contributed by atoms with Gasteiger partial charge in [0, 0.05) is 12.1 Å². The molecule has 1 fully saturated rings. The number of nitrogens with two attached hydrogens (primary N) is 1. The molecule has 76 valence electrons. The van der Waals surface area contributed by atoms with Crippen LogP contribution in [-0.2, 0) is 11.2 Å². The van der Waals surface area contributed by atoms with Crippen LogP contribution in [0, 0.1) is 0 Å². The van der Waals surface area contributed by atoms with E-state index in [0.717, 1.165) is 18.7 Å². The molecule has 2 heteroatoms. The van der Waals surface area contributed by atoms with E-state index < -0.39 is 0 Å². The normalized spacial score (nSPS) is 19.3. The number of hydrogen-bond donors (Lipinski definition) is 1. The predicted octanol–water partition coefficient (Wildman–Crippen LogP) is 2.36. The van der Waals surface area contributed by atoms with Crippen molar-refractivity contribution in [2.24, 2.45) is 0 Å². The summed E-state index contributed by atoms with van der Waals surface area (Å²) in [6.45, 7) is 0.878. The van der Waals surface area contributed by atoms with Gasteiger partial charge in [0.15, 0.2) is 0 Å². The van der Waals surface area contributed by atoms with Crippen molar-refractivity contribution in [1.29, 1.82) is 0 Å². The lowest BCUT2D eigenvalue weighted by atomic mass is 9.99. The Kier molecular flexibility index (Phi) is 1.89. The second-order valence-corrected chi connectivity index (χ2v) is 4.01. The average Bonchev–Trinajstić information content (AvgIpc) is 3.06. The molecule has 1 aliphatic rings. The zero-order chi connectivity index (χ0) is 10.3. The Bertz CT molecular complexity index is 503. The first-order chi connectivity index (χ1) is 7.34. The number of ether oxygens (including phenoxy) is 1. The van der Waals surface area contributed by atoms with E-state index in [9.17, 15) is 0 Å². The van der Waals surface area contributed by atoms with Crippen molar-refractivity contribution in [3.05, 3.63) is 42.0 Å². The highest BCUT2D eigenvalue weighted by molar-refractivity contribution is 5.89. The van der Waals surface area contributed by atoms with Gasteiger partial charge >= 0.3 is 0 Å². The third-order valence-corrected chi connectivity index (χ3v) is 2.91. The molecular weight excluding hydrogens is 186 g/mol. The van der Waals surface area contributed by atoms with Crippen LogP contribution in [0.15, 0.2) is 36.4 Å². The van der Waals surface area contributed by atoms with Gasteiger partial charge in [0.25, 0.3) is 0 Å². The topological polar surface area (TPSA) is 38.5 Å². The van der Waals surface area contributed by atoms with Gasteiger partial charge in [-0.25, -0.2) is 0 Å². The fraction of sp³-hybridized carbons (Fsp3) is 0.231. The SMILES string of the molecule is Nc1ccc2ccccc2c1CC1CO1. The Labute approximate surface area is 88.7 Å². The lowest BCUT2D eigenvalue weighted by Gasteiger charge is -2.08. The van der Waals surface area contributed by atoms with Gasteiger partial charge in [-0.1, -0.05) is 30.3 Å². The summed E-state index contributed by atoms with van der Waals surface area (Å²) in [7, 11) is 0. The van der Waals surface area contributed by atoms with Crippen LogP contribution in [0.2, 0.25) is 0 Å². The summed E-state index contributed by atoms with van der Waals surface area (Å²) in [5.74, 6) is 0. The Morgan fingerprint density at radius 2 is 2.00 bits per heavy atom.